The molecule has 1 aromatic heterocycles. The predicted octanol–water partition coefficient (Wildman–Crippen LogP) is 1.61. The molecule has 5 heteroatoms. The molecular weight excluding hydrogens is 218 g/mol. The summed E-state index contributed by atoms with van der Waals surface area (Å²) in [4.78, 5) is 6.50. The second-order valence-electron chi connectivity index (χ2n) is 4.12. The van der Waals surface area contributed by atoms with Gasteiger partial charge in [-0.3, -0.25) is 4.90 Å². The molecule has 0 aromatic carbocycles. The number of aromatic nitrogens is 2. The summed E-state index contributed by atoms with van der Waals surface area (Å²) in [6.45, 7) is 7.75. The minimum absolute atomic E-state index is 0.158. The molecule has 1 heterocycles. The standard InChI is InChI=1S/C12H23N3O2/c1-4-10(5-2)15(7-8-16)9-12-13-11(6-3)14-17-12/h10,16H,4-9H2,1-3H3. The van der Waals surface area contributed by atoms with Gasteiger partial charge in [-0.1, -0.05) is 25.9 Å². The van der Waals surface area contributed by atoms with Crippen LogP contribution in [0.1, 0.15) is 45.3 Å². The number of aliphatic hydroxyl groups excluding tert-OH is 1. The molecule has 0 saturated carbocycles. The Morgan fingerprint density at radius 2 is 2.00 bits per heavy atom. The maximum atomic E-state index is 9.10. The molecule has 0 spiro atoms. The Morgan fingerprint density at radius 3 is 2.47 bits per heavy atom. The van der Waals surface area contributed by atoms with Gasteiger partial charge in [0.1, 0.15) is 0 Å². The van der Waals surface area contributed by atoms with Crippen LogP contribution in [0.4, 0.5) is 0 Å². The van der Waals surface area contributed by atoms with Crippen LogP contribution in [0.5, 0.6) is 0 Å². The van der Waals surface area contributed by atoms with Crippen molar-refractivity contribution in [2.24, 2.45) is 0 Å². The average Bonchev–Trinajstić information content (AvgIpc) is 2.78. The highest BCUT2D eigenvalue weighted by atomic mass is 16.5. The summed E-state index contributed by atoms with van der Waals surface area (Å²) in [5.74, 6) is 1.38. The zero-order valence-electron chi connectivity index (χ0n) is 11.0. The second kappa shape index (κ2) is 7.40. The molecule has 0 bridgehead atoms. The maximum Gasteiger partial charge on any atom is 0.240 e. The van der Waals surface area contributed by atoms with Crippen LogP contribution in [0, 0.1) is 0 Å². The topological polar surface area (TPSA) is 62.4 Å². The Bertz CT molecular complexity index is 310. The van der Waals surface area contributed by atoms with Gasteiger partial charge < -0.3 is 9.63 Å². The third kappa shape index (κ3) is 4.09. The number of hydrogen-bond acceptors (Lipinski definition) is 5. The van der Waals surface area contributed by atoms with Gasteiger partial charge in [0.15, 0.2) is 5.82 Å². The molecule has 5 nitrogen and oxygen atoms in total. The van der Waals surface area contributed by atoms with Crippen molar-refractivity contribution in [2.45, 2.75) is 52.6 Å². The smallest absolute Gasteiger partial charge is 0.240 e. The van der Waals surface area contributed by atoms with E-state index in [1.165, 1.54) is 0 Å². The third-order valence-electron chi connectivity index (χ3n) is 3.01. The van der Waals surface area contributed by atoms with Crippen molar-refractivity contribution in [3.8, 4) is 0 Å². The molecule has 0 aliphatic carbocycles. The first kappa shape index (κ1) is 14.1. The Labute approximate surface area is 103 Å². The second-order valence-corrected chi connectivity index (χ2v) is 4.12. The van der Waals surface area contributed by atoms with Crippen molar-refractivity contribution in [1.82, 2.24) is 15.0 Å². The molecule has 1 rings (SSSR count). The number of rotatable bonds is 8. The van der Waals surface area contributed by atoms with Crippen molar-refractivity contribution in [1.29, 1.82) is 0 Å². The molecule has 17 heavy (non-hydrogen) atoms. The molecule has 0 amide bonds. The van der Waals surface area contributed by atoms with Gasteiger partial charge in [-0.25, -0.2) is 0 Å². The average molecular weight is 241 g/mol. The fraction of sp³-hybridized carbons (Fsp3) is 0.833. The highest BCUT2D eigenvalue weighted by Gasteiger charge is 2.17. The van der Waals surface area contributed by atoms with Gasteiger partial charge in [0.05, 0.1) is 13.2 Å². The molecule has 1 aromatic rings. The Kier molecular flexibility index (Phi) is 6.15. The lowest BCUT2D eigenvalue weighted by Crippen LogP contribution is -2.36. The van der Waals surface area contributed by atoms with E-state index < -0.39 is 0 Å². The fourth-order valence-corrected chi connectivity index (χ4v) is 2.00. The maximum absolute atomic E-state index is 9.10. The van der Waals surface area contributed by atoms with Crippen molar-refractivity contribution >= 4 is 0 Å². The zero-order valence-corrected chi connectivity index (χ0v) is 11.0. The molecule has 0 atom stereocenters. The van der Waals surface area contributed by atoms with Crippen molar-refractivity contribution < 1.29 is 9.63 Å². The van der Waals surface area contributed by atoms with E-state index in [1.54, 1.807) is 0 Å². The lowest BCUT2D eigenvalue weighted by atomic mass is 10.1. The normalized spacial score (nSPS) is 11.6. The van der Waals surface area contributed by atoms with Crippen molar-refractivity contribution in [3.05, 3.63) is 11.7 Å². The van der Waals surface area contributed by atoms with Gasteiger partial charge >= 0.3 is 0 Å². The first-order valence-electron chi connectivity index (χ1n) is 6.41. The largest absolute Gasteiger partial charge is 0.395 e. The molecule has 0 aliphatic heterocycles. The summed E-state index contributed by atoms with van der Waals surface area (Å²) in [5, 5.41) is 13.0. The van der Waals surface area contributed by atoms with Gasteiger partial charge in [0, 0.05) is 19.0 Å². The van der Waals surface area contributed by atoms with Crippen molar-refractivity contribution in [2.75, 3.05) is 13.2 Å². The molecular formula is C12H23N3O2. The highest BCUT2D eigenvalue weighted by molar-refractivity contribution is 4.86. The monoisotopic (exact) mass is 241 g/mol. The molecule has 0 unspecified atom stereocenters. The van der Waals surface area contributed by atoms with E-state index in [4.69, 9.17) is 9.63 Å². The predicted molar refractivity (Wildman–Crippen MR) is 65.5 cm³/mol. The van der Waals surface area contributed by atoms with Crippen LogP contribution in [0.25, 0.3) is 0 Å². The van der Waals surface area contributed by atoms with Crippen LogP contribution in [0.3, 0.4) is 0 Å². The fourth-order valence-electron chi connectivity index (χ4n) is 2.00. The lowest BCUT2D eigenvalue weighted by Gasteiger charge is -2.28. The Morgan fingerprint density at radius 1 is 1.29 bits per heavy atom. The minimum Gasteiger partial charge on any atom is -0.395 e. The summed E-state index contributed by atoms with van der Waals surface area (Å²) in [5.41, 5.74) is 0. The summed E-state index contributed by atoms with van der Waals surface area (Å²) in [7, 11) is 0. The van der Waals surface area contributed by atoms with Gasteiger partial charge in [-0.15, -0.1) is 0 Å². The number of aliphatic hydroxyl groups is 1. The van der Waals surface area contributed by atoms with Crippen LogP contribution >= 0.6 is 0 Å². The molecule has 0 radical (unpaired) electrons. The number of hydrogen-bond donors (Lipinski definition) is 1. The summed E-state index contributed by atoms with van der Waals surface area (Å²) < 4.78 is 5.19. The summed E-state index contributed by atoms with van der Waals surface area (Å²) in [6, 6.07) is 0.458. The van der Waals surface area contributed by atoms with Crippen LogP contribution in [-0.2, 0) is 13.0 Å². The van der Waals surface area contributed by atoms with Gasteiger partial charge in [0.25, 0.3) is 0 Å². The summed E-state index contributed by atoms with van der Waals surface area (Å²) in [6.07, 6.45) is 2.91. The van der Waals surface area contributed by atoms with Crippen LogP contribution in [0.2, 0.25) is 0 Å². The van der Waals surface area contributed by atoms with Gasteiger partial charge in [-0.2, -0.15) is 4.98 Å². The Hall–Kier alpha value is -0.940. The van der Waals surface area contributed by atoms with Crippen molar-refractivity contribution in [3.63, 3.8) is 0 Å². The summed E-state index contributed by atoms with van der Waals surface area (Å²) >= 11 is 0. The molecule has 98 valence electrons. The Balaban J connectivity index is 2.64. The zero-order chi connectivity index (χ0) is 12.7. The van der Waals surface area contributed by atoms with E-state index in [0.717, 1.165) is 25.1 Å². The van der Waals surface area contributed by atoms with E-state index in [-0.39, 0.29) is 6.61 Å². The van der Waals surface area contributed by atoms with Gasteiger partial charge in [0.2, 0.25) is 5.89 Å². The van der Waals surface area contributed by atoms with Crippen LogP contribution < -0.4 is 0 Å². The van der Waals surface area contributed by atoms with Crippen LogP contribution in [0.15, 0.2) is 4.52 Å². The van der Waals surface area contributed by atoms with E-state index in [9.17, 15) is 0 Å². The highest BCUT2D eigenvalue weighted by Crippen LogP contribution is 2.12. The molecule has 0 saturated heterocycles. The van der Waals surface area contributed by atoms with Gasteiger partial charge in [-0.05, 0) is 12.8 Å². The molecule has 0 aliphatic rings. The first-order valence-corrected chi connectivity index (χ1v) is 6.41. The van der Waals surface area contributed by atoms with E-state index in [2.05, 4.69) is 28.9 Å². The van der Waals surface area contributed by atoms with E-state index in [1.807, 2.05) is 6.92 Å². The SMILES string of the molecule is CCc1noc(CN(CCO)C(CC)CC)n1. The lowest BCUT2D eigenvalue weighted by molar-refractivity contribution is 0.122. The van der Waals surface area contributed by atoms with Crippen LogP contribution in [-0.4, -0.2) is 39.3 Å². The van der Waals surface area contributed by atoms with E-state index >= 15 is 0 Å². The quantitative estimate of drug-likeness (QED) is 0.749. The number of aryl methyl sites for hydroxylation is 1. The molecule has 0 fully saturated rings. The minimum atomic E-state index is 0.158. The first-order chi connectivity index (χ1) is 8.24. The number of nitrogens with zero attached hydrogens (tertiary/aromatic N) is 3. The molecule has 1 N–H and O–H groups in total. The van der Waals surface area contributed by atoms with E-state index in [0.29, 0.717) is 25.0 Å². The third-order valence-corrected chi connectivity index (χ3v) is 3.01.